The first-order valence-corrected chi connectivity index (χ1v) is 7.13. The second kappa shape index (κ2) is 7.61. The topological polar surface area (TPSA) is 29.5 Å². The van der Waals surface area contributed by atoms with Gasteiger partial charge in [0.1, 0.15) is 5.75 Å². The van der Waals surface area contributed by atoms with E-state index in [1.165, 1.54) is 0 Å². The molecule has 0 saturated carbocycles. The first-order chi connectivity index (χ1) is 9.01. The Labute approximate surface area is 124 Å². The van der Waals surface area contributed by atoms with Crippen LogP contribution in [0.4, 0.5) is 0 Å². The maximum Gasteiger partial charge on any atom is 0.257 e. The molecular weight excluding hydrogens is 285 g/mol. The standard InChI is InChI=1S/C14H19Cl2NO2/c1-10(2)17(8-4-7-15)14(18)12-9-11(16)5-6-13(12)19-3/h5-6,9-10H,4,7-8H2,1-3H3. The molecule has 0 radical (unpaired) electrons. The number of rotatable bonds is 6. The summed E-state index contributed by atoms with van der Waals surface area (Å²) in [7, 11) is 1.54. The highest BCUT2D eigenvalue weighted by molar-refractivity contribution is 6.31. The van der Waals surface area contributed by atoms with Crippen molar-refractivity contribution in [2.24, 2.45) is 0 Å². The van der Waals surface area contributed by atoms with Crippen LogP contribution in [0, 0.1) is 0 Å². The van der Waals surface area contributed by atoms with Gasteiger partial charge >= 0.3 is 0 Å². The molecule has 3 nitrogen and oxygen atoms in total. The van der Waals surface area contributed by atoms with E-state index in [9.17, 15) is 4.79 Å². The monoisotopic (exact) mass is 303 g/mol. The molecule has 0 heterocycles. The van der Waals surface area contributed by atoms with Crippen molar-refractivity contribution < 1.29 is 9.53 Å². The third kappa shape index (κ3) is 4.29. The molecule has 0 aliphatic heterocycles. The average molecular weight is 304 g/mol. The molecule has 0 spiro atoms. The quantitative estimate of drug-likeness (QED) is 0.748. The van der Waals surface area contributed by atoms with Gasteiger partial charge in [-0.3, -0.25) is 4.79 Å². The lowest BCUT2D eigenvalue weighted by Crippen LogP contribution is -2.38. The number of amides is 1. The maximum atomic E-state index is 12.6. The molecule has 0 atom stereocenters. The first-order valence-electron chi connectivity index (χ1n) is 6.21. The van der Waals surface area contributed by atoms with Crippen molar-refractivity contribution in [1.29, 1.82) is 0 Å². The minimum atomic E-state index is -0.0838. The fourth-order valence-electron chi connectivity index (χ4n) is 1.83. The Morgan fingerprint density at radius 2 is 2.11 bits per heavy atom. The highest BCUT2D eigenvalue weighted by atomic mass is 35.5. The summed E-state index contributed by atoms with van der Waals surface area (Å²) in [5.41, 5.74) is 0.485. The Balaban J connectivity index is 3.04. The van der Waals surface area contributed by atoms with E-state index in [2.05, 4.69) is 0 Å². The molecule has 0 fully saturated rings. The summed E-state index contributed by atoms with van der Waals surface area (Å²) in [6.45, 7) is 4.57. The first kappa shape index (κ1) is 16.1. The molecule has 1 amide bonds. The highest BCUT2D eigenvalue weighted by Crippen LogP contribution is 2.24. The van der Waals surface area contributed by atoms with Gasteiger partial charge in [-0.2, -0.15) is 0 Å². The molecule has 5 heteroatoms. The molecular formula is C14H19Cl2NO2. The van der Waals surface area contributed by atoms with Crippen LogP contribution in [0.15, 0.2) is 18.2 Å². The Morgan fingerprint density at radius 1 is 1.42 bits per heavy atom. The molecule has 0 aliphatic carbocycles. The fraction of sp³-hybridized carbons (Fsp3) is 0.500. The number of alkyl halides is 1. The number of carbonyl (C=O) groups excluding carboxylic acids is 1. The van der Waals surface area contributed by atoms with E-state index in [0.29, 0.717) is 28.8 Å². The van der Waals surface area contributed by atoms with Gasteiger partial charge in [0.05, 0.1) is 12.7 Å². The SMILES string of the molecule is COc1ccc(Cl)cc1C(=O)N(CCCCl)C(C)C. The summed E-state index contributed by atoms with van der Waals surface area (Å²) in [5, 5.41) is 0.519. The van der Waals surface area contributed by atoms with Crippen molar-refractivity contribution in [3.05, 3.63) is 28.8 Å². The third-order valence-electron chi connectivity index (χ3n) is 2.81. The van der Waals surface area contributed by atoms with Gasteiger partial charge in [0, 0.05) is 23.5 Å². The largest absolute Gasteiger partial charge is 0.496 e. The van der Waals surface area contributed by atoms with E-state index >= 15 is 0 Å². The second-order valence-electron chi connectivity index (χ2n) is 4.48. The number of hydrogen-bond donors (Lipinski definition) is 0. The lowest BCUT2D eigenvalue weighted by atomic mass is 10.1. The average Bonchev–Trinajstić information content (AvgIpc) is 2.38. The van der Waals surface area contributed by atoms with Gasteiger partial charge in [0.2, 0.25) is 0 Å². The molecule has 0 N–H and O–H groups in total. The Morgan fingerprint density at radius 3 is 2.63 bits per heavy atom. The molecule has 0 aliphatic rings. The molecule has 1 aromatic carbocycles. The fourth-order valence-corrected chi connectivity index (χ4v) is 2.12. The van der Waals surface area contributed by atoms with Crippen LogP contribution >= 0.6 is 23.2 Å². The van der Waals surface area contributed by atoms with E-state index in [1.54, 1.807) is 30.2 Å². The van der Waals surface area contributed by atoms with Crippen LogP contribution in [-0.2, 0) is 0 Å². The predicted octanol–water partition coefficient (Wildman–Crippen LogP) is 3.83. The van der Waals surface area contributed by atoms with Gasteiger partial charge in [-0.25, -0.2) is 0 Å². The van der Waals surface area contributed by atoms with Crippen LogP contribution in [0.3, 0.4) is 0 Å². The number of nitrogens with zero attached hydrogens (tertiary/aromatic N) is 1. The van der Waals surface area contributed by atoms with E-state index in [-0.39, 0.29) is 11.9 Å². The number of hydrogen-bond acceptors (Lipinski definition) is 2. The lowest BCUT2D eigenvalue weighted by Gasteiger charge is -2.27. The molecule has 1 rings (SSSR count). The minimum absolute atomic E-state index is 0.0838. The summed E-state index contributed by atoms with van der Waals surface area (Å²) in [6, 6.07) is 5.14. The van der Waals surface area contributed by atoms with Crippen molar-refractivity contribution in [2.45, 2.75) is 26.3 Å². The zero-order valence-electron chi connectivity index (χ0n) is 11.5. The van der Waals surface area contributed by atoms with Gasteiger partial charge in [0.25, 0.3) is 5.91 Å². The van der Waals surface area contributed by atoms with Crippen molar-refractivity contribution >= 4 is 29.1 Å². The van der Waals surface area contributed by atoms with Gasteiger partial charge in [-0.15, -0.1) is 11.6 Å². The summed E-state index contributed by atoms with van der Waals surface area (Å²) >= 11 is 11.7. The molecule has 0 unspecified atom stereocenters. The lowest BCUT2D eigenvalue weighted by molar-refractivity contribution is 0.0703. The van der Waals surface area contributed by atoms with Crippen LogP contribution in [0.2, 0.25) is 5.02 Å². The number of halogens is 2. The predicted molar refractivity (Wildman–Crippen MR) is 79.5 cm³/mol. The van der Waals surface area contributed by atoms with E-state index in [4.69, 9.17) is 27.9 Å². The summed E-state index contributed by atoms with van der Waals surface area (Å²) in [5.74, 6) is 0.980. The summed E-state index contributed by atoms with van der Waals surface area (Å²) in [6.07, 6.45) is 0.758. The molecule has 106 valence electrons. The van der Waals surface area contributed by atoms with Crippen molar-refractivity contribution in [1.82, 2.24) is 4.90 Å². The van der Waals surface area contributed by atoms with Crippen LogP contribution in [-0.4, -0.2) is 36.4 Å². The van der Waals surface area contributed by atoms with Gasteiger partial charge in [-0.1, -0.05) is 11.6 Å². The molecule has 0 saturated heterocycles. The third-order valence-corrected chi connectivity index (χ3v) is 3.31. The number of methoxy groups -OCH3 is 1. The van der Waals surface area contributed by atoms with Crippen molar-refractivity contribution in [3.8, 4) is 5.75 Å². The maximum absolute atomic E-state index is 12.6. The van der Waals surface area contributed by atoms with Crippen LogP contribution in [0.5, 0.6) is 5.75 Å². The zero-order valence-corrected chi connectivity index (χ0v) is 13.0. The zero-order chi connectivity index (χ0) is 14.4. The minimum Gasteiger partial charge on any atom is -0.496 e. The summed E-state index contributed by atoms with van der Waals surface area (Å²) < 4.78 is 5.22. The van der Waals surface area contributed by atoms with Crippen LogP contribution < -0.4 is 4.74 Å². The van der Waals surface area contributed by atoms with Crippen LogP contribution in [0.25, 0.3) is 0 Å². The van der Waals surface area contributed by atoms with E-state index in [0.717, 1.165) is 6.42 Å². The van der Waals surface area contributed by atoms with E-state index < -0.39 is 0 Å². The van der Waals surface area contributed by atoms with Gasteiger partial charge < -0.3 is 9.64 Å². The highest BCUT2D eigenvalue weighted by Gasteiger charge is 2.21. The molecule has 19 heavy (non-hydrogen) atoms. The second-order valence-corrected chi connectivity index (χ2v) is 5.29. The van der Waals surface area contributed by atoms with Crippen molar-refractivity contribution in [2.75, 3.05) is 19.5 Å². The van der Waals surface area contributed by atoms with Crippen molar-refractivity contribution in [3.63, 3.8) is 0 Å². The Kier molecular flexibility index (Phi) is 6.46. The Hall–Kier alpha value is -0.930. The number of carbonyl (C=O) groups is 1. The van der Waals surface area contributed by atoms with Crippen LogP contribution in [0.1, 0.15) is 30.6 Å². The smallest absolute Gasteiger partial charge is 0.257 e. The number of benzene rings is 1. The summed E-state index contributed by atoms with van der Waals surface area (Å²) in [4.78, 5) is 14.3. The number of ether oxygens (including phenoxy) is 1. The van der Waals surface area contributed by atoms with Gasteiger partial charge in [0.15, 0.2) is 0 Å². The normalized spacial score (nSPS) is 10.6. The molecule has 0 bridgehead atoms. The molecule has 1 aromatic rings. The van der Waals surface area contributed by atoms with E-state index in [1.807, 2.05) is 13.8 Å². The van der Waals surface area contributed by atoms with Gasteiger partial charge in [-0.05, 0) is 38.5 Å². The molecule has 0 aromatic heterocycles. The Bertz CT molecular complexity index is 435.